The molecule has 0 saturated carbocycles. The molecule has 0 radical (unpaired) electrons. The van der Waals surface area contributed by atoms with Gasteiger partial charge in [0.2, 0.25) is 0 Å². The molecule has 102 valence electrons. The van der Waals surface area contributed by atoms with E-state index < -0.39 is 0 Å². The van der Waals surface area contributed by atoms with Gasteiger partial charge >= 0.3 is 0 Å². The first-order valence-electron chi connectivity index (χ1n) is 5.33. The van der Waals surface area contributed by atoms with Gasteiger partial charge in [-0.05, 0) is 25.2 Å². The Morgan fingerprint density at radius 3 is 2.72 bits per heavy atom. The molecule has 0 heterocycles. The molecule has 1 aromatic carbocycles. The lowest BCUT2D eigenvalue weighted by Gasteiger charge is -2.18. The minimum absolute atomic E-state index is 0. The maximum atomic E-state index is 12.1. The number of hydrogen-bond donors (Lipinski definition) is 1. The topological polar surface area (TPSA) is 41.6 Å². The number of ether oxygens (including phenoxy) is 1. The SMILES string of the molecule is CNCCN(C)C(=O)c1ccc(Cl)cc1OC.Cl. The minimum Gasteiger partial charge on any atom is -0.496 e. The van der Waals surface area contributed by atoms with E-state index in [1.54, 1.807) is 30.1 Å². The summed E-state index contributed by atoms with van der Waals surface area (Å²) in [7, 11) is 5.13. The average molecular weight is 293 g/mol. The summed E-state index contributed by atoms with van der Waals surface area (Å²) >= 11 is 5.85. The summed E-state index contributed by atoms with van der Waals surface area (Å²) in [5.41, 5.74) is 0.524. The van der Waals surface area contributed by atoms with Crippen LogP contribution in [-0.4, -0.2) is 45.1 Å². The van der Waals surface area contributed by atoms with Crippen LogP contribution in [0.1, 0.15) is 10.4 Å². The molecule has 0 fully saturated rings. The number of carbonyl (C=O) groups excluding carboxylic acids is 1. The number of methoxy groups -OCH3 is 1. The predicted molar refractivity (Wildman–Crippen MR) is 76.1 cm³/mol. The number of likely N-dealkylation sites (N-methyl/N-ethyl adjacent to an activating group) is 2. The first-order valence-corrected chi connectivity index (χ1v) is 5.71. The number of benzene rings is 1. The van der Waals surface area contributed by atoms with Gasteiger partial charge in [-0.3, -0.25) is 4.79 Å². The Bertz CT molecular complexity index is 400. The van der Waals surface area contributed by atoms with Gasteiger partial charge in [0.05, 0.1) is 12.7 Å². The molecule has 1 aromatic rings. The van der Waals surface area contributed by atoms with E-state index in [1.165, 1.54) is 7.11 Å². The van der Waals surface area contributed by atoms with Gasteiger partial charge in [0.25, 0.3) is 5.91 Å². The van der Waals surface area contributed by atoms with Gasteiger partial charge in [0.1, 0.15) is 5.75 Å². The number of nitrogens with one attached hydrogen (secondary N) is 1. The van der Waals surface area contributed by atoms with Crippen molar-refractivity contribution in [2.45, 2.75) is 0 Å². The van der Waals surface area contributed by atoms with E-state index in [1.807, 2.05) is 7.05 Å². The standard InChI is InChI=1S/C12H17ClN2O2.ClH/c1-14-6-7-15(2)12(16)10-5-4-9(13)8-11(10)17-3;/h4-5,8,14H,6-7H2,1-3H3;1H. The Balaban J connectivity index is 0.00000289. The molecule has 0 bridgehead atoms. The van der Waals surface area contributed by atoms with Crippen molar-refractivity contribution in [2.24, 2.45) is 0 Å². The quantitative estimate of drug-likeness (QED) is 0.903. The van der Waals surface area contributed by atoms with Crippen LogP contribution in [0, 0.1) is 0 Å². The highest BCUT2D eigenvalue weighted by Crippen LogP contribution is 2.24. The van der Waals surface area contributed by atoms with Crippen molar-refractivity contribution in [2.75, 3.05) is 34.3 Å². The molecule has 18 heavy (non-hydrogen) atoms. The Labute approximate surface area is 119 Å². The first-order chi connectivity index (χ1) is 8.10. The lowest BCUT2D eigenvalue weighted by Crippen LogP contribution is -2.32. The first kappa shape index (κ1) is 17.0. The highest BCUT2D eigenvalue weighted by Gasteiger charge is 2.16. The molecule has 0 atom stereocenters. The molecule has 1 amide bonds. The number of halogens is 2. The molecule has 0 aliphatic heterocycles. The maximum absolute atomic E-state index is 12.1. The number of hydrogen-bond acceptors (Lipinski definition) is 3. The highest BCUT2D eigenvalue weighted by atomic mass is 35.5. The van der Waals surface area contributed by atoms with E-state index in [0.29, 0.717) is 22.9 Å². The van der Waals surface area contributed by atoms with Crippen molar-refractivity contribution in [3.63, 3.8) is 0 Å². The van der Waals surface area contributed by atoms with Crippen LogP contribution < -0.4 is 10.1 Å². The number of nitrogens with zero attached hydrogens (tertiary/aromatic N) is 1. The molecule has 0 spiro atoms. The fourth-order valence-electron chi connectivity index (χ4n) is 1.43. The van der Waals surface area contributed by atoms with E-state index in [4.69, 9.17) is 16.3 Å². The van der Waals surface area contributed by atoms with Crippen molar-refractivity contribution >= 4 is 29.9 Å². The number of carbonyl (C=O) groups is 1. The van der Waals surface area contributed by atoms with Crippen molar-refractivity contribution in [1.29, 1.82) is 0 Å². The zero-order valence-electron chi connectivity index (χ0n) is 10.7. The average Bonchev–Trinajstić information content (AvgIpc) is 2.34. The van der Waals surface area contributed by atoms with Crippen molar-refractivity contribution in [1.82, 2.24) is 10.2 Å². The van der Waals surface area contributed by atoms with Crippen LogP contribution in [0.25, 0.3) is 0 Å². The molecule has 1 rings (SSSR count). The molecule has 0 aromatic heterocycles. The molecule has 4 nitrogen and oxygen atoms in total. The zero-order valence-corrected chi connectivity index (χ0v) is 12.3. The van der Waals surface area contributed by atoms with Crippen LogP contribution in [0.5, 0.6) is 5.75 Å². The van der Waals surface area contributed by atoms with Crippen molar-refractivity contribution < 1.29 is 9.53 Å². The van der Waals surface area contributed by atoms with Gasteiger partial charge in [0, 0.05) is 25.2 Å². The van der Waals surface area contributed by atoms with Gasteiger partial charge < -0.3 is 15.0 Å². The van der Waals surface area contributed by atoms with E-state index in [2.05, 4.69) is 5.32 Å². The lowest BCUT2D eigenvalue weighted by atomic mass is 10.1. The normalized spacial score (nSPS) is 9.56. The number of amides is 1. The largest absolute Gasteiger partial charge is 0.496 e. The van der Waals surface area contributed by atoms with E-state index in [9.17, 15) is 4.79 Å². The molecule has 0 saturated heterocycles. The number of rotatable bonds is 5. The van der Waals surface area contributed by atoms with Crippen molar-refractivity contribution in [3.05, 3.63) is 28.8 Å². The Kier molecular flexibility index (Phi) is 7.75. The van der Waals surface area contributed by atoms with Gasteiger partial charge in [-0.2, -0.15) is 0 Å². The third kappa shape index (κ3) is 4.37. The van der Waals surface area contributed by atoms with E-state index in [-0.39, 0.29) is 18.3 Å². The zero-order chi connectivity index (χ0) is 12.8. The second kappa shape index (κ2) is 8.19. The molecule has 6 heteroatoms. The summed E-state index contributed by atoms with van der Waals surface area (Å²) in [5, 5.41) is 3.55. The van der Waals surface area contributed by atoms with Crippen LogP contribution >= 0.6 is 24.0 Å². The molecule has 1 N–H and O–H groups in total. The van der Waals surface area contributed by atoms with Gasteiger partial charge in [-0.25, -0.2) is 0 Å². The lowest BCUT2D eigenvalue weighted by molar-refractivity contribution is 0.0793. The van der Waals surface area contributed by atoms with Gasteiger partial charge in [-0.1, -0.05) is 11.6 Å². The molecular weight excluding hydrogens is 275 g/mol. The van der Waals surface area contributed by atoms with Gasteiger partial charge in [0.15, 0.2) is 0 Å². The third-order valence-electron chi connectivity index (χ3n) is 2.44. The monoisotopic (exact) mass is 292 g/mol. The van der Waals surface area contributed by atoms with E-state index in [0.717, 1.165) is 6.54 Å². The van der Waals surface area contributed by atoms with Gasteiger partial charge in [-0.15, -0.1) is 12.4 Å². The molecular formula is C12H18Cl2N2O2. The fraction of sp³-hybridized carbons (Fsp3) is 0.417. The fourth-order valence-corrected chi connectivity index (χ4v) is 1.59. The summed E-state index contributed by atoms with van der Waals surface area (Å²) in [4.78, 5) is 13.8. The minimum atomic E-state index is -0.0752. The van der Waals surface area contributed by atoms with Crippen molar-refractivity contribution in [3.8, 4) is 5.75 Å². The van der Waals surface area contributed by atoms with Crippen LogP contribution in [0.15, 0.2) is 18.2 Å². The molecule has 0 aliphatic rings. The summed E-state index contributed by atoms with van der Waals surface area (Å²) in [6.07, 6.45) is 0. The summed E-state index contributed by atoms with van der Waals surface area (Å²) in [6.45, 7) is 1.39. The second-order valence-corrected chi connectivity index (χ2v) is 4.11. The Morgan fingerprint density at radius 2 is 2.17 bits per heavy atom. The van der Waals surface area contributed by atoms with E-state index >= 15 is 0 Å². The van der Waals surface area contributed by atoms with Crippen LogP contribution in [-0.2, 0) is 0 Å². The predicted octanol–water partition coefficient (Wildman–Crippen LogP) is 2.06. The Hall–Kier alpha value is -0.970. The van der Waals surface area contributed by atoms with Crippen LogP contribution in [0.2, 0.25) is 5.02 Å². The maximum Gasteiger partial charge on any atom is 0.257 e. The summed E-state index contributed by atoms with van der Waals surface area (Å²) in [6, 6.07) is 5.00. The molecule has 0 aliphatic carbocycles. The third-order valence-corrected chi connectivity index (χ3v) is 2.67. The smallest absolute Gasteiger partial charge is 0.257 e. The Morgan fingerprint density at radius 1 is 1.50 bits per heavy atom. The second-order valence-electron chi connectivity index (χ2n) is 3.67. The highest BCUT2D eigenvalue weighted by molar-refractivity contribution is 6.30. The summed E-state index contributed by atoms with van der Waals surface area (Å²) < 4.78 is 5.15. The van der Waals surface area contributed by atoms with Crippen LogP contribution in [0.3, 0.4) is 0 Å². The molecule has 0 unspecified atom stereocenters. The summed E-state index contributed by atoms with van der Waals surface area (Å²) in [5.74, 6) is 0.424. The van der Waals surface area contributed by atoms with Crippen LogP contribution in [0.4, 0.5) is 0 Å².